The van der Waals surface area contributed by atoms with Gasteiger partial charge < -0.3 is 20.3 Å². The topological polar surface area (TPSA) is 87.7 Å². The molecule has 0 saturated heterocycles. The fourth-order valence-corrected chi connectivity index (χ4v) is 5.59. The molecule has 1 heterocycles. The lowest BCUT2D eigenvalue weighted by atomic mass is 10.0. The van der Waals surface area contributed by atoms with Crippen LogP contribution >= 0.6 is 11.8 Å². The Balaban J connectivity index is 1.30. The van der Waals surface area contributed by atoms with Gasteiger partial charge in [0.15, 0.2) is 0 Å². The molecule has 4 aromatic rings. The summed E-state index contributed by atoms with van der Waals surface area (Å²) in [6.45, 7) is 0.711. The van der Waals surface area contributed by atoms with E-state index >= 15 is 0 Å². The summed E-state index contributed by atoms with van der Waals surface area (Å²) in [6, 6.07) is 31.3. The van der Waals surface area contributed by atoms with Gasteiger partial charge in [0, 0.05) is 33.9 Å². The number of carbonyl (C=O) groups is 3. The van der Waals surface area contributed by atoms with Crippen molar-refractivity contribution in [3.8, 4) is 5.75 Å². The molecule has 2 N–H and O–H groups in total. The van der Waals surface area contributed by atoms with Gasteiger partial charge in [-0.3, -0.25) is 14.4 Å². The van der Waals surface area contributed by atoms with Crippen LogP contribution in [0.25, 0.3) is 6.08 Å². The third kappa shape index (κ3) is 7.08. The van der Waals surface area contributed by atoms with Crippen LogP contribution in [-0.4, -0.2) is 37.1 Å². The maximum atomic E-state index is 13.5. The zero-order valence-electron chi connectivity index (χ0n) is 23.2. The van der Waals surface area contributed by atoms with Crippen molar-refractivity contribution >= 4 is 46.9 Å². The number of nitrogens with zero attached hydrogens (tertiary/aromatic N) is 1. The summed E-state index contributed by atoms with van der Waals surface area (Å²) < 4.78 is 5.44. The lowest BCUT2D eigenvalue weighted by Gasteiger charge is -2.29. The van der Waals surface area contributed by atoms with Crippen molar-refractivity contribution in [2.45, 2.75) is 17.7 Å². The van der Waals surface area contributed by atoms with Gasteiger partial charge in [-0.1, -0.05) is 60.7 Å². The Hall–Kier alpha value is -4.82. The van der Waals surface area contributed by atoms with Gasteiger partial charge in [0.05, 0.1) is 12.9 Å². The van der Waals surface area contributed by atoms with E-state index in [1.165, 1.54) is 17.3 Å². The largest absolute Gasteiger partial charge is 0.496 e. The van der Waals surface area contributed by atoms with Crippen LogP contribution in [0.5, 0.6) is 5.75 Å². The first-order chi connectivity index (χ1) is 20.5. The van der Waals surface area contributed by atoms with Crippen LogP contribution in [0, 0.1) is 0 Å². The molecule has 0 atom stereocenters. The number of hydrogen-bond donors (Lipinski definition) is 2. The van der Waals surface area contributed by atoms with Crippen LogP contribution in [0.4, 0.5) is 11.4 Å². The molecule has 3 amide bonds. The summed E-state index contributed by atoms with van der Waals surface area (Å²) in [4.78, 5) is 42.3. The quantitative estimate of drug-likeness (QED) is 0.183. The summed E-state index contributed by atoms with van der Waals surface area (Å²) in [5, 5.41) is 5.64. The minimum absolute atomic E-state index is 0.0484. The van der Waals surface area contributed by atoms with E-state index < -0.39 is 11.8 Å². The summed E-state index contributed by atoms with van der Waals surface area (Å²) in [5.74, 6) is -0.0107. The predicted molar refractivity (Wildman–Crippen MR) is 168 cm³/mol. The number of ether oxygens (including phenoxy) is 1. The fraction of sp³-hybridized carbons (Fsp3) is 0.147. The number of fused-ring (bicyclic) bond motifs is 1. The van der Waals surface area contributed by atoms with Crippen molar-refractivity contribution in [3.05, 3.63) is 126 Å². The van der Waals surface area contributed by atoms with Crippen LogP contribution in [-0.2, 0) is 16.0 Å². The molecule has 212 valence electrons. The number of hydrogen-bond acceptors (Lipinski definition) is 5. The van der Waals surface area contributed by atoms with Gasteiger partial charge >= 0.3 is 0 Å². The van der Waals surface area contributed by atoms with Gasteiger partial charge in [-0.2, -0.15) is 0 Å². The molecular weight excluding hydrogens is 546 g/mol. The molecule has 1 aliphatic rings. The standard InChI is InChI=1S/C34H31N3O4S/c1-41-31-19-8-6-14-26(31)21-29(36-33(39)25-12-3-2-4-13-25)34(40)35-27-16-9-17-28(22-27)42-23-32(38)37-20-10-15-24-11-5-7-18-30(24)37/h2-9,11-14,16-19,21-22H,10,15,20,23H2,1H3,(H,35,40)(H,36,39)/b29-21-. The molecule has 0 saturated carbocycles. The van der Waals surface area contributed by atoms with Crippen LogP contribution in [0.1, 0.15) is 27.9 Å². The van der Waals surface area contributed by atoms with E-state index in [9.17, 15) is 14.4 Å². The van der Waals surface area contributed by atoms with Crippen molar-refractivity contribution in [3.63, 3.8) is 0 Å². The molecule has 42 heavy (non-hydrogen) atoms. The molecule has 0 unspecified atom stereocenters. The number of aryl methyl sites for hydroxylation is 1. The van der Waals surface area contributed by atoms with E-state index in [2.05, 4.69) is 16.7 Å². The summed E-state index contributed by atoms with van der Waals surface area (Å²) in [6.07, 6.45) is 3.51. The lowest BCUT2D eigenvalue weighted by Crippen LogP contribution is -2.36. The SMILES string of the molecule is COc1ccccc1/C=C(\NC(=O)c1ccccc1)C(=O)Nc1cccc(SCC(=O)N2CCCc3ccccc32)c1. The van der Waals surface area contributed by atoms with Crippen LogP contribution < -0.4 is 20.3 Å². The molecule has 0 aliphatic carbocycles. The number of anilines is 2. The molecule has 0 aromatic heterocycles. The number of benzene rings is 4. The molecule has 0 spiro atoms. The minimum atomic E-state index is -0.492. The first-order valence-corrected chi connectivity index (χ1v) is 14.6. The van der Waals surface area contributed by atoms with Crippen molar-refractivity contribution in [1.29, 1.82) is 0 Å². The lowest BCUT2D eigenvalue weighted by molar-refractivity contribution is -0.116. The van der Waals surface area contributed by atoms with Crippen LogP contribution in [0.3, 0.4) is 0 Å². The Bertz CT molecular complexity index is 1620. The smallest absolute Gasteiger partial charge is 0.272 e. The van der Waals surface area contributed by atoms with Crippen molar-refractivity contribution in [2.75, 3.05) is 29.6 Å². The molecular formula is C34H31N3O4S. The average Bonchev–Trinajstić information content (AvgIpc) is 3.03. The van der Waals surface area contributed by atoms with Crippen molar-refractivity contribution in [2.24, 2.45) is 0 Å². The number of thioether (sulfide) groups is 1. The van der Waals surface area contributed by atoms with E-state index in [4.69, 9.17) is 4.74 Å². The second-order valence-corrected chi connectivity index (χ2v) is 10.7. The zero-order chi connectivity index (χ0) is 29.3. The third-order valence-corrected chi connectivity index (χ3v) is 7.81. The highest BCUT2D eigenvalue weighted by atomic mass is 32.2. The highest BCUT2D eigenvalue weighted by Crippen LogP contribution is 2.29. The molecule has 0 fully saturated rings. The summed E-state index contributed by atoms with van der Waals surface area (Å²) >= 11 is 1.42. The normalized spacial score (nSPS) is 12.7. The Morgan fingerprint density at radius 1 is 0.905 bits per heavy atom. The summed E-state index contributed by atoms with van der Waals surface area (Å²) in [7, 11) is 1.55. The van der Waals surface area contributed by atoms with Crippen LogP contribution in [0.2, 0.25) is 0 Å². The zero-order valence-corrected chi connectivity index (χ0v) is 24.0. The van der Waals surface area contributed by atoms with E-state index in [1.807, 2.05) is 59.5 Å². The molecule has 4 aromatic carbocycles. The Labute approximate surface area is 249 Å². The van der Waals surface area contributed by atoms with Gasteiger partial charge in [-0.15, -0.1) is 11.8 Å². The second-order valence-electron chi connectivity index (χ2n) is 9.67. The van der Waals surface area contributed by atoms with E-state index in [-0.39, 0.29) is 17.4 Å². The van der Waals surface area contributed by atoms with Crippen LogP contribution in [0.15, 0.2) is 114 Å². The van der Waals surface area contributed by atoms with Gasteiger partial charge in [0.25, 0.3) is 11.8 Å². The number of amides is 3. The van der Waals surface area contributed by atoms with E-state index in [1.54, 1.807) is 55.7 Å². The predicted octanol–water partition coefficient (Wildman–Crippen LogP) is 6.18. The maximum Gasteiger partial charge on any atom is 0.272 e. The summed E-state index contributed by atoms with van der Waals surface area (Å²) in [5.41, 5.74) is 3.85. The first kappa shape index (κ1) is 28.7. The van der Waals surface area contributed by atoms with E-state index in [0.29, 0.717) is 29.1 Å². The highest BCUT2D eigenvalue weighted by Gasteiger charge is 2.22. The van der Waals surface area contributed by atoms with Gasteiger partial charge in [-0.25, -0.2) is 0 Å². The Morgan fingerprint density at radius 3 is 2.50 bits per heavy atom. The number of methoxy groups -OCH3 is 1. The molecule has 0 radical (unpaired) electrons. The van der Waals surface area contributed by atoms with Crippen molar-refractivity contribution in [1.82, 2.24) is 5.32 Å². The van der Waals surface area contributed by atoms with Gasteiger partial charge in [-0.05, 0) is 66.9 Å². The first-order valence-electron chi connectivity index (χ1n) is 13.7. The number of rotatable bonds is 9. The van der Waals surface area contributed by atoms with Crippen molar-refractivity contribution < 1.29 is 19.1 Å². The number of para-hydroxylation sites is 2. The fourth-order valence-electron chi connectivity index (χ4n) is 4.76. The Morgan fingerprint density at radius 2 is 1.67 bits per heavy atom. The Kier molecular flexibility index (Phi) is 9.36. The average molecular weight is 578 g/mol. The monoisotopic (exact) mass is 577 g/mol. The second kappa shape index (κ2) is 13.7. The maximum absolute atomic E-state index is 13.5. The number of nitrogens with one attached hydrogen (secondary N) is 2. The highest BCUT2D eigenvalue weighted by molar-refractivity contribution is 8.00. The van der Waals surface area contributed by atoms with E-state index in [0.717, 1.165) is 23.4 Å². The third-order valence-electron chi connectivity index (χ3n) is 6.83. The molecule has 0 bridgehead atoms. The molecule has 7 nitrogen and oxygen atoms in total. The van der Waals surface area contributed by atoms with Gasteiger partial charge in [0.1, 0.15) is 11.4 Å². The molecule has 8 heteroatoms. The minimum Gasteiger partial charge on any atom is -0.496 e. The number of carbonyl (C=O) groups excluding carboxylic acids is 3. The van der Waals surface area contributed by atoms with Gasteiger partial charge in [0.2, 0.25) is 5.91 Å². The molecule has 5 rings (SSSR count). The molecule has 1 aliphatic heterocycles.